The van der Waals surface area contributed by atoms with Gasteiger partial charge in [-0.1, -0.05) is 0 Å². The largest absolute Gasteiger partial charge is 0.478 e. The molecule has 2 rings (SSSR count). The Bertz CT molecular complexity index is 471. The molecule has 0 N–H and O–H groups in total. The number of piperidine rings is 1. The minimum absolute atomic E-state index is 0.251. The highest BCUT2D eigenvalue weighted by Gasteiger charge is 2.25. The fourth-order valence-corrected chi connectivity index (χ4v) is 2.48. The molecule has 0 unspecified atom stereocenters. The van der Waals surface area contributed by atoms with Crippen molar-refractivity contribution in [3.8, 4) is 0 Å². The minimum Gasteiger partial charge on any atom is -0.377 e. The van der Waals surface area contributed by atoms with E-state index in [2.05, 4.69) is 0 Å². The van der Waals surface area contributed by atoms with Crippen molar-refractivity contribution in [2.24, 2.45) is 0 Å². The zero-order valence-corrected chi connectivity index (χ0v) is 12.8. The van der Waals surface area contributed by atoms with Gasteiger partial charge in [0.1, 0.15) is 0 Å². The Balaban J connectivity index is 2.14. The number of carbonyl (C=O) groups is 1. The van der Waals surface area contributed by atoms with E-state index in [1.54, 1.807) is 9.63 Å². The van der Waals surface area contributed by atoms with Gasteiger partial charge in [0, 0.05) is 63.6 Å². The number of nitrogens with zero attached hydrogens (tertiary/aromatic N) is 3. The maximum atomic E-state index is 12.2. The second-order valence-electron chi connectivity index (χ2n) is 5.59. The van der Waals surface area contributed by atoms with Gasteiger partial charge in [0.05, 0.1) is 0 Å². The highest BCUT2D eigenvalue weighted by Crippen LogP contribution is 2.13. The third kappa shape index (κ3) is 3.21. The van der Waals surface area contributed by atoms with Crippen LogP contribution in [0.25, 0.3) is 0 Å². The van der Waals surface area contributed by atoms with Crippen LogP contribution in [0.4, 0.5) is 10.5 Å². The van der Waals surface area contributed by atoms with Crippen molar-refractivity contribution in [2.45, 2.75) is 33.1 Å². The number of amides is 1. The molecule has 1 amide bonds. The van der Waals surface area contributed by atoms with Gasteiger partial charge in [0.2, 0.25) is 11.4 Å². The van der Waals surface area contributed by atoms with Crippen molar-refractivity contribution in [3.63, 3.8) is 0 Å². The fourth-order valence-electron chi connectivity index (χ4n) is 2.48. The Morgan fingerprint density at radius 3 is 2.20 bits per heavy atom. The van der Waals surface area contributed by atoms with Crippen molar-refractivity contribution in [1.82, 2.24) is 4.90 Å². The number of anilines is 1. The Kier molecular flexibility index (Phi) is 4.47. The third-order valence-electron chi connectivity index (χ3n) is 3.65. The summed E-state index contributed by atoms with van der Waals surface area (Å²) < 4.78 is 1.62. The number of rotatable bonds is 2. The number of aromatic nitrogens is 1. The topological polar surface area (TPSA) is 36.7 Å². The van der Waals surface area contributed by atoms with Gasteiger partial charge < -0.3 is 9.80 Å². The number of likely N-dealkylation sites (tertiary alicyclic amines) is 1. The second kappa shape index (κ2) is 6.11. The molecule has 1 aliphatic heterocycles. The van der Waals surface area contributed by atoms with E-state index in [1.165, 1.54) is 6.42 Å². The molecular formula is C15H24N3O2+. The van der Waals surface area contributed by atoms with E-state index in [9.17, 15) is 4.79 Å². The number of aryl methyl sites for hydroxylation is 2. The molecule has 2 heterocycles. The Morgan fingerprint density at radius 1 is 1.15 bits per heavy atom. The summed E-state index contributed by atoms with van der Waals surface area (Å²) >= 11 is 0. The average Bonchev–Trinajstić information content (AvgIpc) is 2.43. The standard InChI is InChI=1S/C15H24N3O2/c1-12-10-14(16(3)4)11-13(2)18(12)20-15(19)17-8-6-5-7-9-17/h10-11H,5-9H2,1-4H3/q+1. The van der Waals surface area contributed by atoms with E-state index in [4.69, 9.17) is 4.84 Å². The zero-order valence-electron chi connectivity index (χ0n) is 12.8. The molecule has 0 saturated carbocycles. The molecule has 0 radical (unpaired) electrons. The predicted molar refractivity (Wildman–Crippen MR) is 77.8 cm³/mol. The monoisotopic (exact) mass is 278 g/mol. The van der Waals surface area contributed by atoms with Gasteiger partial charge in [-0.25, -0.2) is 4.79 Å². The summed E-state index contributed by atoms with van der Waals surface area (Å²) in [5.41, 5.74) is 2.93. The number of carbonyl (C=O) groups excluding carboxylic acids is 1. The molecule has 20 heavy (non-hydrogen) atoms. The molecule has 1 aromatic rings. The summed E-state index contributed by atoms with van der Waals surface area (Å²) in [5, 5.41) is 0. The summed E-state index contributed by atoms with van der Waals surface area (Å²) in [6.45, 7) is 5.49. The summed E-state index contributed by atoms with van der Waals surface area (Å²) in [6.07, 6.45) is 3.08. The fraction of sp³-hybridized carbons (Fsp3) is 0.600. The Morgan fingerprint density at radius 2 is 1.70 bits per heavy atom. The molecule has 5 nitrogen and oxygen atoms in total. The first-order chi connectivity index (χ1) is 9.49. The molecule has 110 valence electrons. The molecule has 0 atom stereocenters. The lowest BCUT2D eigenvalue weighted by atomic mass is 10.1. The van der Waals surface area contributed by atoms with E-state index in [-0.39, 0.29) is 6.09 Å². The first-order valence-corrected chi connectivity index (χ1v) is 7.17. The summed E-state index contributed by atoms with van der Waals surface area (Å²) in [6, 6.07) is 4.02. The maximum Gasteiger partial charge on any atom is 0.478 e. The van der Waals surface area contributed by atoms with Crippen LogP contribution in [0.3, 0.4) is 0 Å². The minimum atomic E-state index is -0.251. The van der Waals surface area contributed by atoms with Crippen LogP contribution in [0, 0.1) is 13.8 Å². The van der Waals surface area contributed by atoms with E-state index < -0.39 is 0 Å². The van der Waals surface area contributed by atoms with Gasteiger partial charge in [-0.2, -0.15) is 4.84 Å². The van der Waals surface area contributed by atoms with Gasteiger partial charge in [0.15, 0.2) is 0 Å². The SMILES string of the molecule is Cc1cc(N(C)C)cc(C)[n+]1OC(=O)N1CCCCC1. The van der Waals surface area contributed by atoms with Gasteiger partial charge in [-0.05, 0) is 19.3 Å². The lowest BCUT2D eigenvalue weighted by Crippen LogP contribution is -2.55. The molecule has 0 aliphatic carbocycles. The highest BCUT2D eigenvalue weighted by molar-refractivity contribution is 5.67. The van der Waals surface area contributed by atoms with Crippen molar-refractivity contribution >= 4 is 11.8 Å². The molecule has 1 aliphatic rings. The zero-order chi connectivity index (χ0) is 14.7. The van der Waals surface area contributed by atoms with Crippen LogP contribution in [-0.2, 0) is 0 Å². The lowest BCUT2D eigenvalue weighted by molar-refractivity contribution is -0.877. The van der Waals surface area contributed by atoms with E-state index in [0.717, 1.165) is 43.0 Å². The van der Waals surface area contributed by atoms with Crippen molar-refractivity contribution in [2.75, 3.05) is 32.1 Å². The van der Waals surface area contributed by atoms with Gasteiger partial charge in [-0.15, -0.1) is 0 Å². The quantitative estimate of drug-likeness (QED) is 0.773. The van der Waals surface area contributed by atoms with Crippen LogP contribution in [0.2, 0.25) is 0 Å². The van der Waals surface area contributed by atoms with E-state index >= 15 is 0 Å². The van der Waals surface area contributed by atoms with Crippen LogP contribution < -0.4 is 14.5 Å². The number of hydrogen-bond donors (Lipinski definition) is 0. The summed E-state index contributed by atoms with van der Waals surface area (Å²) in [4.78, 5) is 21.5. The molecule has 1 saturated heterocycles. The summed E-state index contributed by atoms with van der Waals surface area (Å²) in [5.74, 6) is 0. The number of pyridine rings is 1. The summed E-state index contributed by atoms with van der Waals surface area (Å²) in [7, 11) is 4.00. The van der Waals surface area contributed by atoms with Crippen LogP contribution in [-0.4, -0.2) is 38.2 Å². The van der Waals surface area contributed by atoms with Crippen molar-refractivity contribution in [3.05, 3.63) is 23.5 Å². The van der Waals surface area contributed by atoms with E-state index in [0.29, 0.717) is 0 Å². The lowest BCUT2D eigenvalue weighted by Gasteiger charge is -2.23. The molecule has 0 aromatic carbocycles. The molecular weight excluding hydrogens is 254 g/mol. The van der Waals surface area contributed by atoms with Crippen LogP contribution in [0.1, 0.15) is 30.7 Å². The Labute approximate surface area is 120 Å². The van der Waals surface area contributed by atoms with Gasteiger partial charge in [0.25, 0.3) is 0 Å². The van der Waals surface area contributed by atoms with Crippen molar-refractivity contribution < 1.29 is 14.4 Å². The molecule has 1 aromatic heterocycles. The van der Waals surface area contributed by atoms with Gasteiger partial charge in [-0.3, -0.25) is 0 Å². The van der Waals surface area contributed by atoms with Crippen LogP contribution >= 0.6 is 0 Å². The second-order valence-corrected chi connectivity index (χ2v) is 5.59. The Hall–Kier alpha value is -1.78. The molecule has 0 spiro atoms. The van der Waals surface area contributed by atoms with Crippen LogP contribution in [0.15, 0.2) is 12.1 Å². The third-order valence-corrected chi connectivity index (χ3v) is 3.65. The highest BCUT2D eigenvalue weighted by atomic mass is 16.7. The van der Waals surface area contributed by atoms with Crippen LogP contribution in [0.5, 0.6) is 0 Å². The van der Waals surface area contributed by atoms with E-state index in [1.807, 2.05) is 45.0 Å². The smallest absolute Gasteiger partial charge is 0.377 e. The van der Waals surface area contributed by atoms with Gasteiger partial charge >= 0.3 is 6.09 Å². The average molecular weight is 278 g/mol. The molecule has 0 bridgehead atoms. The predicted octanol–water partition coefficient (Wildman–Crippen LogP) is 1.69. The van der Waals surface area contributed by atoms with Crippen molar-refractivity contribution in [1.29, 1.82) is 0 Å². The first-order valence-electron chi connectivity index (χ1n) is 7.17. The number of hydrogen-bond acceptors (Lipinski definition) is 3. The maximum absolute atomic E-state index is 12.2. The molecule has 5 heteroatoms. The molecule has 1 fully saturated rings. The first kappa shape index (κ1) is 14.6. The normalized spacial score (nSPS) is 15.1.